The lowest BCUT2D eigenvalue weighted by atomic mass is 9.99. The lowest BCUT2D eigenvalue weighted by molar-refractivity contribution is 0.476. The Morgan fingerprint density at radius 1 is 1.47 bits per heavy atom. The van der Waals surface area contributed by atoms with Crippen molar-refractivity contribution in [3.05, 3.63) is 24.3 Å². The quantitative estimate of drug-likeness (QED) is 0.769. The monoisotopic (exact) mass is 208 g/mol. The highest BCUT2D eigenvalue weighted by molar-refractivity contribution is 5.42. The first-order chi connectivity index (χ1) is 7.16. The van der Waals surface area contributed by atoms with Crippen molar-refractivity contribution in [1.29, 1.82) is 0 Å². The van der Waals surface area contributed by atoms with E-state index in [4.69, 9.17) is 0 Å². The molecular formula is C12H17FN2. The van der Waals surface area contributed by atoms with Crippen LogP contribution in [0, 0.1) is 17.8 Å². The van der Waals surface area contributed by atoms with Crippen molar-refractivity contribution in [1.82, 2.24) is 4.98 Å². The van der Waals surface area contributed by atoms with Gasteiger partial charge >= 0.3 is 0 Å². The standard InChI is InChI=1S/C12H17FN2/c1-8(2)12(9-3-4-9)15-10-5-6-14-11(13)7-10/h5-9,12H,3-4H2,1-2H3,(H,14,15). The molecule has 0 amide bonds. The van der Waals surface area contributed by atoms with E-state index in [1.54, 1.807) is 0 Å². The molecule has 3 heteroatoms. The number of anilines is 1. The summed E-state index contributed by atoms with van der Waals surface area (Å²) in [6.07, 6.45) is 4.09. The molecule has 0 aromatic carbocycles. The lowest BCUT2D eigenvalue weighted by Crippen LogP contribution is -2.27. The van der Waals surface area contributed by atoms with Crippen LogP contribution in [0.3, 0.4) is 0 Å². The molecule has 0 bridgehead atoms. The predicted molar refractivity (Wildman–Crippen MR) is 59.2 cm³/mol. The van der Waals surface area contributed by atoms with Gasteiger partial charge in [0.1, 0.15) is 0 Å². The van der Waals surface area contributed by atoms with Crippen LogP contribution in [-0.4, -0.2) is 11.0 Å². The summed E-state index contributed by atoms with van der Waals surface area (Å²) in [5.41, 5.74) is 0.841. The van der Waals surface area contributed by atoms with Gasteiger partial charge in [-0.1, -0.05) is 13.8 Å². The average molecular weight is 208 g/mol. The van der Waals surface area contributed by atoms with Gasteiger partial charge in [-0.25, -0.2) is 4.98 Å². The Kier molecular flexibility index (Phi) is 2.89. The Hall–Kier alpha value is -1.12. The Labute approximate surface area is 89.9 Å². The molecular weight excluding hydrogens is 191 g/mol. The van der Waals surface area contributed by atoms with E-state index in [-0.39, 0.29) is 0 Å². The van der Waals surface area contributed by atoms with E-state index >= 15 is 0 Å². The molecule has 82 valence electrons. The average Bonchev–Trinajstić information content (AvgIpc) is 2.97. The smallest absolute Gasteiger partial charge is 0.214 e. The van der Waals surface area contributed by atoms with Crippen LogP contribution in [0.1, 0.15) is 26.7 Å². The van der Waals surface area contributed by atoms with Gasteiger partial charge in [-0.3, -0.25) is 0 Å². The normalized spacial score (nSPS) is 17.9. The maximum Gasteiger partial charge on any atom is 0.214 e. The first kappa shape index (κ1) is 10.4. The van der Waals surface area contributed by atoms with Crippen LogP contribution in [0.15, 0.2) is 18.3 Å². The minimum Gasteiger partial charge on any atom is -0.382 e. The fourth-order valence-electron chi connectivity index (χ4n) is 1.97. The van der Waals surface area contributed by atoms with Crippen LogP contribution < -0.4 is 5.32 Å². The van der Waals surface area contributed by atoms with E-state index in [2.05, 4.69) is 24.1 Å². The summed E-state index contributed by atoms with van der Waals surface area (Å²) in [4.78, 5) is 3.55. The van der Waals surface area contributed by atoms with Crippen LogP contribution in [0.25, 0.3) is 0 Å². The first-order valence-corrected chi connectivity index (χ1v) is 5.55. The molecule has 0 aliphatic heterocycles. The summed E-state index contributed by atoms with van der Waals surface area (Å²) in [7, 11) is 0. The molecule has 0 saturated heterocycles. The van der Waals surface area contributed by atoms with Crippen LogP contribution in [0.2, 0.25) is 0 Å². The number of hydrogen-bond donors (Lipinski definition) is 1. The highest BCUT2D eigenvalue weighted by Crippen LogP contribution is 2.37. The minimum absolute atomic E-state index is 0.418. The van der Waals surface area contributed by atoms with Crippen molar-refractivity contribution in [3.63, 3.8) is 0 Å². The minimum atomic E-state index is -0.418. The topological polar surface area (TPSA) is 24.9 Å². The largest absolute Gasteiger partial charge is 0.382 e. The number of nitrogens with one attached hydrogen (secondary N) is 1. The SMILES string of the molecule is CC(C)C(Nc1ccnc(F)c1)C1CC1. The Balaban J connectivity index is 2.05. The fraction of sp³-hybridized carbons (Fsp3) is 0.583. The highest BCUT2D eigenvalue weighted by Gasteiger charge is 2.32. The molecule has 1 atom stereocenters. The van der Waals surface area contributed by atoms with Gasteiger partial charge in [-0.15, -0.1) is 0 Å². The van der Waals surface area contributed by atoms with Gasteiger partial charge in [-0.2, -0.15) is 4.39 Å². The van der Waals surface area contributed by atoms with Gasteiger partial charge in [0.05, 0.1) is 0 Å². The van der Waals surface area contributed by atoms with E-state index in [1.807, 2.05) is 6.07 Å². The summed E-state index contributed by atoms with van der Waals surface area (Å²) >= 11 is 0. The zero-order valence-corrected chi connectivity index (χ0v) is 9.20. The number of halogens is 1. The first-order valence-electron chi connectivity index (χ1n) is 5.55. The summed E-state index contributed by atoms with van der Waals surface area (Å²) in [5.74, 6) is 0.924. The second-order valence-corrected chi connectivity index (χ2v) is 4.62. The molecule has 1 unspecified atom stereocenters. The van der Waals surface area contributed by atoms with E-state index < -0.39 is 5.95 Å². The number of rotatable bonds is 4. The molecule has 15 heavy (non-hydrogen) atoms. The molecule has 0 radical (unpaired) electrons. The van der Waals surface area contributed by atoms with Crippen molar-refractivity contribution in [2.24, 2.45) is 11.8 Å². The van der Waals surface area contributed by atoms with Gasteiger partial charge in [0, 0.05) is 24.0 Å². The summed E-state index contributed by atoms with van der Waals surface area (Å²) in [6.45, 7) is 4.40. The second kappa shape index (κ2) is 4.17. The van der Waals surface area contributed by atoms with E-state index in [0.29, 0.717) is 12.0 Å². The molecule has 1 saturated carbocycles. The molecule has 1 aliphatic carbocycles. The van der Waals surface area contributed by atoms with Crippen LogP contribution in [0.5, 0.6) is 0 Å². The van der Waals surface area contributed by atoms with E-state index in [9.17, 15) is 4.39 Å². The zero-order valence-electron chi connectivity index (χ0n) is 9.20. The second-order valence-electron chi connectivity index (χ2n) is 4.62. The molecule has 1 heterocycles. The molecule has 1 fully saturated rings. The molecule has 1 aromatic rings. The maximum absolute atomic E-state index is 12.9. The summed E-state index contributed by atoms with van der Waals surface area (Å²) in [5, 5.41) is 3.40. The van der Waals surface area contributed by atoms with Gasteiger partial charge in [-0.05, 0) is 30.7 Å². The highest BCUT2D eigenvalue weighted by atomic mass is 19.1. The molecule has 1 aliphatic rings. The molecule has 1 N–H and O–H groups in total. The number of hydrogen-bond acceptors (Lipinski definition) is 2. The molecule has 2 nitrogen and oxygen atoms in total. The van der Waals surface area contributed by atoms with E-state index in [1.165, 1.54) is 25.1 Å². The van der Waals surface area contributed by atoms with Gasteiger partial charge in [0.15, 0.2) is 0 Å². The van der Waals surface area contributed by atoms with Gasteiger partial charge in [0.2, 0.25) is 5.95 Å². The van der Waals surface area contributed by atoms with Crippen molar-refractivity contribution in [2.75, 3.05) is 5.32 Å². The third-order valence-corrected chi connectivity index (χ3v) is 2.91. The molecule has 0 spiro atoms. The zero-order chi connectivity index (χ0) is 10.8. The molecule has 2 rings (SSSR count). The predicted octanol–water partition coefficient (Wildman–Crippen LogP) is 3.07. The molecule has 1 aromatic heterocycles. The van der Waals surface area contributed by atoms with Crippen LogP contribution in [0.4, 0.5) is 10.1 Å². The summed E-state index contributed by atoms with van der Waals surface area (Å²) < 4.78 is 12.9. The van der Waals surface area contributed by atoms with Crippen molar-refractivity contribution >= 4 is 5.69 Å². The number of nitrogens with zero attached hydrogens (tertiary/aromatic N) is 1. The number of aromatic nitrogens is 1. The Bertz CT molecular complexity index is 332. The van der Waals surface area contributed by atoms with Gasteiger partial charge in [0.25, 0.3) is 0 Å². The van der Waals surface area contributed by atoms with Crippen LogP contribution >= 0.6 is 0 Å². The third kappa shape index (κ3) is 2.67. The summed E-state index contributed by atoms with van der Waals surface area (Å²) in [6, 6.07) is 3.74. The van der Waals surface area contributed by atoms with Crippen molar-refractivity contribution in [2.45, 2.75) is 32.7 Å². The van der Waals surface area contributed by atoms with Crippen LogP contribution in [-0.2, 0) is 0 Å². The van der Waals surface area contributed by atoms with E-state index in [0.717, 1.165) is 11.6 Å². The van der Waals surface area contributed by atoms with Crippen molar-refractivity contribution in [3.8, 4) is 0 Å². The maximum atomic E-state index is 12.9. The Morgan fingerprint density at radius 3 is 2.73 bits per heavy atom. The van der Waals surface area contributed by atoms with Gasteiger partial charge < -0.3 is 5.32 Å². The van der Waals surface area contributed by atoms with Crippen molar-refractivity contribution < 1.29 is 4.39 Å². The Morgan fingerprint density at radius 2 is 2.20 bits per heavy atom. The third-order valence-electron chi connectivity index (χ3n) is 2.91. The lowest BCUT2D eigenvalue weighted by Gasteiger charge is -2.23. The number of pyridine rings is 1. The fourth-order valence-corrected chi connectivity index (χ4v) is 1.97.